The summed E-state index contributed by atoms with van der Waals surface area (Å²) in [4.78, 5) is 24.9. The van der Waals surface area contributed by atoms with Gasteiger partial charge >= 0.3 is 0 Å². The molecule has 1 aromatic carbocycles. The average molecular weight is 307 g/mol. The van der Waals surface area contributed by atoms with Crippen LogP contribution in [0.1, 0.15) is 25.3 Å². The number of benzene rings is 1. The van der Waals surface area contributed by atoms with Gasteiger partial charge in [0, 0.05) is 37.2 Å². The first-order valence-electron chi connectivity index (χ1n) is 7.04. The monoisotopic (exact) mass is 306 g/mol. The summed E-state index contributed by atoms with van der Waals surface area (Å²) in [5.41, 5.74) is 0.931. The highest BCUT2D eigenvalue weighted by atomic mass is 35.5. The van der Waals surface area contributed by atoms with Crippen LogP contribution in [0.25, 0.3) is 6.08 Å². The van der Waals surface area contributed by atoms with Gasteiger partial charge in [0.25, 0.3) is 0 Å². The molecule has 1 aromatic rings. The zero-order chi connectivity index (χ0) is 15.2. The van der Waals surface area contributed by atoms with Crippen molar-refractivity contribution < 1.29 is 9.59 Å². The van der Waals surface area contributed by atoms with Crippen LogP contribution in [0.3, 0.4) is 0 Å². The maximum atomic E-state index is 11.9. The summed E-state index contributed by atoms with van der Waals surface area (Å²) in [5, 5.41) is 3.65. The van der Waals surface area contributed by atoms with Crippen LogP contribution < -0.4 is 5.32 Å². The summed E-state index contributed by atoms with van der Waals surface area (Å²) in [6.07, 6.45) is 4.90. The lowest BCUT2D eigenvalue weighted by Gasteiger charge is -2.31. The SMILES string of the molecule is CC(=O)N1CCC(NC(=O)/C=C/c2ccc(Cl)cc2)CC1. The minimum atomic E-state index is -0.105. The number of likely N-dealkylation sites (tertiary alicyclic amines) is 1. The summed E-state index contributed by atoms with van der Waals surface area (Å²) in [5.74, 6) is -0.00589. The van der Waals surface area contributed by atoms with Gasteiger partial charge in [-0.25, -0.2) is 0 Å². The van der Waals surface area contributed by atoms with Gasteiger partial charge in [-0.05, 0) is 36.6 Å². The van der Waals surface area contributed by atoms with Gasteiger partial charge in [0.2, 0.25) is 11.8 Å². The van der Waals surface area contributed by atoms with Gasteiger partial charge in [-0.2, -0.15) is 0 Å². The van der Waals surface area contributed by atoms with E-state index in [0.717, 1.165) is 18.4 Å². The predicted octanol–water partition coefficient (Wildman–Crippen LogP) is 2.48. The van der Waals surface area contributed by atoms with E-state index in [-0.39, 0.29) is 17.9 Å². The number of hydrogen-bond acceptors (Lipinski definition) is 2. The molecule has 21 heavy (non-hydrogen) atoms. The van der Waals surface area contributed by atoms with E-state index < -0.39 is 0 Å². The van der Waals surface area contributed by atoms with Crippen molar-refractivity contribution >= 4 is 29.5 Å². The number of hydrogen-bond donors (Lipinski definition) is 1. The molecule has 1 aliphatic heterocycles. The Hall–Kier alpha value is -1.81. The van der Waals surface area contributed by atoms with E-state index in [4.69, 9.17) is 11.6 Å². The number of halogens is 1. The van der Waals surface area contributed by atoms with Crippen molar-refractivity contribution in [1.82, 2.24) is 10.2 Å². The Morgan fingerprint density at radius 2 is 1.86 bits per heavy atom. The van der Waals surface area contributed by atoms with E-state index >= 15 is 0 Å². The number of carbonyl (C=O) groups is 2. The molecule has 0 saturated carbocycles. The first kappa shape index (κ1) is 15.6. The van der Waals surface area contributed by atoms with E-state index in [9.17, 15) is 9.59 Å². The lowest BCUT2D eigenvalue weighted by atomic mass is 10.0. The Morgan fingerprint density at radius 3 is 2.43 bits per heavy atom. The van der Waals surface area contributed by atoms with E-state index in [2.05, 4.69) is 5.32 Å². The Bertz CT molecular complexity index is 532. The first-order chi connectivity index (χ1) is 10.0. The summed E-state index contributed by atoms with van der Waals surface area (Å²) >= 11 is 5.81. The van der Waals surface area contributed by atoms with E-state index in [1.165, 1.54) is 6.08 Å². The second-order valence-corrected chi connectivity index (χ2v) is 5.61. The average Bonchev–Trinajstić information content (AvgIpc) is 2.47. The maximum Gasteiger partial charge on any atom is 0.244 e. The number of nitrogens with zero attached hydrogens (tertiary/aromatic N) is 1. The van der Waals surface area contributed by atoms with Crippen molar-refractivity contribution in [2.45, 2.75) is 25.8 Å². The van der Waals surface area contributed by atoms with Crippen molar-refractivity contribution in [1.29, 1.82) is 0 Å². The molecule has 1 heterocycles. The normalized spacial score (nSPS) is 16.2. The van der Waals surface area contributed by atoms with Crippen LogP contribution in [0.5, 0.6) is 0 Å². The highest BCUT2D eigenvalue weighted by Crippen LogP contribution is 2.12. The van der Waals surface area contributed by atoms with Crippen molar-refractivity contribution in [3.05, 3.63) is 40.9 Å². The third kappa shape index (κ3) is 4.90. The lowest BCUT2D eigenvalue weighted by molar-refractivity contribution is -0.129. The minimum absolute atomic E-state index is 0.0995. The maximum absolute atomic E-state index is 11.9. The van der Waals surface area contributed by atoms with Gasteiger partial charge in [-0.15, -0.1) is 0 Å². The topological polar surface area (TPSA) is 49.4 Å². The Morgan fingerprint density at radius 1 is 1.24 bits per heavy atom. The fraction of sp³-hybridized carbons (Fsp3) is 0.375. The van der Waals surface area contributed by atoms with Gasteiger partial charge in [-0.1, -0.05) is 23.7 Å². The van der Waals surface area contributed by atoms with Gasteiger partial charge < -0.3 is 10.2 Å². The number of piperidine rings is 1. The molecule has 0 bridgehead atoms. The molecular formula is C16H19ClN2O2. The Balaban J connectivity index is 1.80. The van der Waals surface area contributed by atoms with E-state index in [1.807, 2.05) is 17.0 Å². The predicted molar refractivity (Wildman–Crippen MR) is 83.9 cm³/mol. The molecule has 4 nitrogen and oxygen atoms in total. The number of amides is 2. The van der Waals surface area contributed by atoms with Crippen LogP contribution in [-0.2, 0) is 9.59 Å². The zero-order valence-corrected chi connectivity index (χ0v) is 12.8. The molecule has 0 spiro atoms. The minimum Gasteiger partial charge on any atom is -0.350 e. The van der Waals surface area contributed by atoms with Crippen LogP contribution >= 0.6 is 11.6 Å². The van der Waals surface area contributed by atoms with Crippen molar-refractivity contribution in [3.63, 3.8) is 0 Å². The third-order valence-electron chi connectivity index (χ3n) is 3.58. The van der Waals surface area contributed by atoms with Crippen molar-refractivity contribution in [2.24, 2.45) is 0 Å². The second-order valence-electron chi connectivity index (χ2n) is 5.17. The molecule has 0 aliphatic carbocycles. The summed E-state index contributed by atoms with van der Waals surface area (Å²) in [7, 11) is 0. The number of carbonyl (C=O) groups excluding carboxylic acids is 2. The molecule has 0 atom stereocenters. The summed E-state index contributed by atoms with van der Waals surface area (Å²) < 4.78 is 0. The third-order valence-corrected chi connectivity index (χ3v) is 3.84. The standard InChI is InChI=1S/C16H19ClN2O2/c1-12(20)19-10-8-15(9-11-19)18-16(21)7-4-13-2-5-14(17)6-3-13/h2-7,15H,8-11H2,1H3,(H,18,21)/b7-4+. The highest BCUT2D eigenvalue weighted by molar-refractivity contribution is 6.30. The molecule has 2 rings (SSSR count). The molecule has 2 amide bonds. The smallest absolute Gasteiger partial charge is 0.244 e. The van der Waals surface area contributed by atoms with Crippen LogP contribution in [0.4, 0.5) is 0 Å². The largest absolute Gasteiger partial charge is 0.350 e. The molecular weight excluding hydrogens is 288 g/mol. The molecule has 1 fully saturated rings. The van der Waals surface area contributed by atoms with Crippen LogP contribution in [0.2, 0.25) is 5.02 Å². The van der Waals surface area contributed by atoms with E-state index in [1.54, 1.807) is 25.1 Å². The molecule has 0 unspecified atom stereocenters. The van der Waals surface area contributed by atoms with Gasteiger partial charge in [-0.3, -0.25) is 9.59 Å². The summed E-state index contributed by atoms with van der Waals surface area (Å²) in [6, 6.07) is 7.44. The van der Waals surface area contributed by atoms with Gasteiger partial charge in [0.05, 0.1) is 0 Å². The van der Waals surface area contributed by atoms with Gasteiger partial charge in [0.1, 0.15) is 0 Å². The molecule has 0 radical (unpaired) electrons. The Kier molecular flexibility index (Phi) is 5.39. The van der Waals surface area contributed by atoms with Gasteiger partial charge in [0.15, 0.2) is 0 Å². The van der Waals surface area contributed by atoms with Crippen molar-refractivity contribution in [2.75, 3.05) is 13.1 Å². The van der Waals surface area contributed by atoms with Crippen LogP contribution in [0.15, 0.2) is 30.3 Å². The van der Waals surface area contributed by atoms with Crippen molar-refractivity contribution in [3.8, 4) is 0 Å². The zero-order valence-electron chi connectivity index (χ0n) is 12.0. The fourth-order valence-electron chi connectivity index (χ4n) is 2.33. The quantitative estimate of drug-likeness (QED) is 0.872. The molecule has 0 aromatic heterocycles. The second kappa shape index (κ2) is 7.27. The molecule has 1 aliphatic rings. The van der Waals surface area contributed by atoms with E-state index in [0.29, 0.717) is 18.1 Å². The molecule has 112 valence electrons. The summed E-state index contributed by atoms with van der Waals surface area (Å²) in [6.45, 7) is 3.00. The Labute approximate surface area is 129 Å². The molecule has 5 heteroatoms. The van der Waals surface area contributed by atoms with Crippen LogP contribution in [-0.4, -0.2) is 35.8 Å². The first-order valence-corrected chi connectivity index (χ1v) is 7.42. The molecule has 1 N–H and O–H groups in total. The highest BCUT2D eigenvalue weighted by Gasteiger charge is 2.21. The number of nitrogens with one attached hydrogen (secondary N) is 1. The number of rotatable bonds is 3. The van der Waals surface area contributed by atoms with Crippen LogP contribution in [0, 0.1) is 0 Å². The fourth-order valence-corrected chi connectivity index (χ4v) is 2.46. The lowest BCUT2D eigenvalue weighted by Crippen LogP contribution is -2.45. The molecule has 1 saturated heterocycles.